The predicted molar refractivity (Wildman–Crippen MR) is 39.0 cm³/mol. The summed E-state index contributed by atoms with van der Waals surface area (Å²) >= 11 is 0. The zero-order valence-corrected chi connectivity index (χ0v) is 6.85. The molecule has 0 amide bonds. The van der Waals surface area contributed by atoms with Gasteiger partial charge in [-0.3, -0.25) is 9.59 Å². The molecular formula is C8H12O3. The van der Waals surface area contributed by atoms with Gasteiger partial charge in [0.15, 0.2) is 0 Å². The second-order valence-electron chi connectivity index (χ2n) is 3.26. The van der Waals surface area contributed by atoms with Crippen LogP contribution in [0.2, 0.25) is 0 Å². The normalized spacial score (nSPS) is 30.5. The maximum absolute atomic E-state index is 10.8. The Bertz CT molecular complexity index is 198. The molecule has 1 aliphatic carbocycles. The highest BCUT2D eigenvalue weighted by atomic mass is 16.6. The van der Waals surface area contributed by atoms with E-state index in [1.54, 1.807) is 6.92 Å². The van der Waals surface area contributed by atoms with Gasteiger partial charge in [-0.2, -0.15) is 0 Å². The van der Waals surface area contributed by atoms with Gasteiger partial charge in [0.25, 0.3) is 0 Å². The fourth-order valence-corrected chi connectivity index (χ4v) is 1.43. The third-order valence-electron chi connectivity index (χ3n) is 1.89. The Morgan fingerprint density at radius 1 is 1.64 bits per heavy atom. The number of ether oxygens (including phenoxy) is 1. The van der Waals surface area contributed by atoms with Crippen LogP contribution in [0.3, 0.4) is 0 Å². The summed E-state index contributed by atoms with van der Waals surface area (Å²) in [5, 5.41) is 0. The number of carbonyl (C=O) groups excluding carboxylic acids is 2. The zero-order valence-electron chi connectivity index (χ0n) is 6.85. The molecule has 3 heteroatoms. The van der Waals surface area contributed by atoms with Crippen LogP contribution in [-0.2, 0) is 14.3 Å². The molecule has 62 valence electrons. The Balaban J connectivity index is 2.55. The highest BCUT2D eigenvalue weighted by molar-refractivity contribution is 5.82. The lowest BCUT2D eigenvalue weighted by Gasteiger charge is -2.21. The van der Waals surface area contributed by atoms with Gasteiger partial charge in [-0.15, -0.1) is 0 Å². The first kappa shape index (κ1) is 8.24. The van der Waals surface area contributed by atoms with Crippen molar-refractivity contribution in [3.05, 3.63) is 0 Å². The van der Waals surface area contributed by atoms with Crippen LogP contribution in [-0.4, -0.2) is 17.4 Å². The highest BCUT2D eigenvalue weighted by Gasteiger charge is 2.36. The molecule has 0 N–H and O–H groups in total. The molecule has 1 rings (SSSR count). The third-order valence-corrected chi connectivity index (χ3v) is 1.89. The Morgan fingerprint density at radius 2 is 2.27 bits per heavy atom. The molecule has 0 radical (unpaired) electrons. The number of ketones is 1. The summed E-state index contributed by atoms with van der Waals surface area (Å²) in [6, 6.07) is 0. The van der Waals surface area contributed by atoms with Crippen molar-refractivity contribution < 1.29 is 14.3 Å². The monoisotopic (exact) mass is 156 g/mol. The molecule has 1 unspecified atom stereocenters. The van der Waals surface area contributed by atoms with Crippen molar-refractivity contribution in [1.29, 1.82) is 0 Å². The number of hydrogen-bond acceptors (Lipinski definition) is 3. The van der Waals surface area contributed by atoms with E-state index in [4.69, 9.17) is 4.74 Å². The van der Waals surface area contributed by atoms with E-state index in [1.165, 1.54) is 6.92 Å². The van der Waals surface area contributed by atoms with Crippen LogP contribution in [0.25, 0.3) is 0 Å². The molecule has 0 aromatic heterocycles. The summed E-state index contributed by atoms with van der Waals surface area (Å²) in [5.74, 6) is -0.115. The number of esters is 1. The van der Waals surface area contributed by atoms with E-state index in [9.17, 15) is 9.59 Å². The fourth-order valence-electron chi connectivity index (χ4n) is 1.43. The zero-order chi connectivity index (χ0) is 8.48. The van der Waals surface area contributed by atoms with Crippen LogP contribution in [0.4, 0.5) is 0 Å². The van der Waals surface area contributed by atoms with E-state index in [2.05, 4.69) is 0 Å². The van der Waals surface area contributed by atoms with Gasteiger partial charge in [0.1, 0.15) is 11.4 Å². The van der Waals surface area contributed by atoms with Gasteiger partial charge in [0.2, 0.25) is 0 Å². The van der Waals surface area contributed by atoms with E-state index in [0.29, 0.717) is 19.3 Å². The molecule has 0 saturated heterocycles. The van der Waals surface area contributed by atoms with Gasteiger partial charge >= 0.3 is 5.97 Å². The van der Waals surface area contributed by atoms with Gasteiger partial charge in [-0.25, -0.2) is 0 Å². The minimum atomic E-state index is -0.511. The van der Waals surface area contributed by atoms with Gasteiger partial charge in [0.05, 0.1) is 0 Å². The number of rotatable bonds is 1. The molecule has 0 aliphatic heterocycles. The van der Waals surface area contributed by atoms with Crippen molar-refractivity contribution in [2.45, 2.75) is 38.7 Å². The van der Waals surface area contributed by atoms with Crippen LogP contribution < -0.4 is 0 Å². The van der Waals surface area contributed by atoms with Crippen molar-refractivity contribution in [2.24, 2.45) is 0 Å². The van der Waals surface area contributed by atoms with Crippen LogP contribution in [0.1, 0.15) is 33.1 Å². The van der Waals surface area contributed by atoms with Gasteiger partial charge in [-0.05, 0) is 13.3 Å². The Hall–Kier alpha value is -0.860. The largest absolute Gasteiger partial charge is 0.459 e. The smallest absolute Gasteiger partial charge is 0.303 e. The van der Waals surface area contributed by atoms with Crippen molar-refractivity contribution >= 4 is 11.8 Å². The molecule has 1 fully saturated rings. The first-order valence-corrected chi connectivity index (χ1v) is 3.73. The minimum absolute atomic E-state index is 0.189. The Labute approximate surface area is 65.7 Å². The molecule has 0 aromatic rings. The summed E-state index contributed by atoms with van der Waals surface area (Å²) in [6.45, 7) is 3.17. The summed E-state index contributed by atoms with van der Waals surface area (Å²) in [6.07, 6.45) is 1.60. The molecule has 11 heavy (non-hydrogen) atoms. The lowest BCUT2D eigenvalue weighted by atomic mass is 10.1. The van der Waals surface area contributed by atoms with E-state index in [1.807, 2.05) is 0 Å². The van der Waals surface area contributed by atoms with Gasteiger partial charge in [0, 0.05) is 19.8 Å². The van der Waals surface area contributed by atoms with E-state index in [0.717, 1.165) is 0 Å². The summed E-state index contributed by atoms with van der Waals surface area (Å²) in [7, 11) is 0. The second-order valence-corrected chi connectivity index (χ2v) is 3.26. The fraction of sp³-hybridized carbons (Fsp3) is 0.750. The first-order valence-electron chi connectivity index (χ1n) is 3.73. The number of Topliss-reactive ketones (excluding diaryl/α,β-unsaturated/α-hetero) is 1. The topological polar surface area (TPSA) is 43.4 Å². The molecule has 0 bridgehead atoms. The van der Waals surface area contributed by atoms with Crippen molar-refractivity contribution in [3.8, 4) is 0 Å². The van der Waals surface area contributed by atoms with Crippen molar-refractivity contribution in [3.63, 3.8) is 0 Å². The lowest BCUT2D eigenvalue weighted by molar-refractivity contribution is -0.154. The van der Waals surface area contributed by atoms with Crippen LogP contribution in [0.5, 0.6) is 0 Å². The standard InChI is InChI=1S/C8H12O3/c1-6(9)11-8(2)4-3-7(10)5-8/h3-5H2,1-2H3. The SMILES string of the molecule is CC(=O)OC1(C)CCC(=O)C1. The molecule has 1 atom stereocenters. The van der Waals surface area contributed by atoms with E-state index >= 15 is 0 Å². The Morgan fingerprint density at radius 3 is 2.64 bits per heavy atom. The molecular weight excluding hydrogens is 144 g/mol. The molecule has 1 saturated carbocycles. The van der Waals surface area contributed by atoms with Gasteiger partial charge in [-0.1, -0.05) is 0 Å². The van der Waals surface area contributed by atoms with Crippen LogP contribution in [0, 0.1) is 0 Å². The number of hydrogen-bond donors (Lipinski definition) is 0. The van der Waals surface area contributed by atoms with Crippen LogP contribution >= 0.6 is 0 Å². The first-order chi connectivity index (χ1) is 5.02. The van der Waals surface area contributed by atoms with Crippen molar-refractivity contribution in [2.75, 3.05) is 0 Å². The van der Waals surface area contributed by atoms with Crippen LogP contribution in [0.15, 0.2) is 0 Å². The highest BCUT2D eigenvalue weighted by Crippen LogP contribution is 2.30. The minimum Gasteiger partial charge on any atom is -0.459 e. The number of carbonyl (C=O) groups is 2. The summed E-state index contributed by atoms with van der Waals surface area (Å²) in [5.41, 5.74) is -0.511. The average molecular weight is 156 g/mol. The van der Waals surface area contributed by atoms with E-state index in [-0.39, 0.29) is 11.8 Å². The Kier molecular flexibility index (Phi) is 1.98. The molecule has 0 aromatic carbocycles. The maximum Gasteiger partial charge on any atom is 0.303 e. The molecule has 3 nitrogen and oxygen atoms in total. The second kappa shape index (κ2) is 2.64. The molecule has 0 heterocycles. The molecule has 0 spiro atoms. The maximum atomic E-state index is 10.8. The van der Waals surface area contributed by atoms with E-state index < -0.39 is 5.60 Å². The predicted octanol–water partition coefficient (Wildman–Crippen LogP) is 1.06. The van der Waals surface area contributed by atoms with Crippen molar-refractivity contribution in [1.82, 2.24) is 0 Å². The average Bonchev–Trinajstić information content (AvgIpc) is 2.08. The molecule has 1 aliphatic rings. The third kappa shape index (κ3) is 2.03. The van der Waals surface area contributed by atoms with Gasteiger partial charge < -0.3 is 4.74 Å². The quantitative estimate of drug-likeness (QED) is 0.533. The summed E-state index contributed by atoms with van der Waals surface area (Å²) in [4.78, 5) is 21.4. The summed E-state index contributed by atoms with van der Waals surface area (Å²) < 4.78 is 5.01. The lowest BCUT2D eigenvalue weighted by Crippen LogP contribution is -2.27.